The first-order chi connectivity index (χ1) is 14.7. The molecule has 1 spiro atoms. The molecular formula is C23H37ClN4O3. The van der Waals surface area contributed by atoms with Gasteiger partial charge in [0.15, 0.2) is 0 Å². The number of piperazine rings is 1. The lowest BCUT2D eigenvalue weighted by Gasteiger charge is -2.49. The Morgan fingerprint density at radius 2 is 1.81 bits per heavy atom. The van der Waals surface area contributed by atoms with Crippen LogP contribution in [-0.4, -0.2) is 87.6 Å². The van der Waals surface area contributed by atoms with Crippen LogP contribution < -0.4 is 5.32 Å². The number of nitrogens with zero attached hydrogens (tertiary/aromatic N) is 3. The maximum Gasteiger partial charge on any atom is 0.259 e. The number of halogens is 1. The molecule has 3 aliphatic heterocycles. The van der Waals surface area contributed by atoms with Gasteiger partial charge >= 0.3 is 0 Å². The quantitative estimate of drug-likeness (QED) is 0.523. The topological polar surface area (TPSA) is 73.0 Å². The molecule has 0 aromatic heterocycles. The molecule has 7 nitrogen and oxygen atoms in total. The van der Waals surface area contributed by atoms with E-state index in [1.54, 1.807) is 9.80 Å². The van der Waals surface area contributed by atoms with Crippen molar-refractivity contribution in [2.75, 3.05) is 26.2 Å². The number of likely N-dealkylation sites (tertiary alicyclic amines) is 1. The van der Waals surface area contributed by atoms with E-state index < -0.39 is 5.54 Å². The number of alkyl halides is 1. The normalized spacial score (nSPS) is 37.5. The summed E-state index contributed by atoms with van der Waals surface area (Å²) in [6.45, 7) is 7.95. The Morgan fingerprint density at radius 3 is 2.45 bits per heavy atom. The Hall–Kier alpha value is -1.34. The lowest BCUT2D eigenvalue weighted by atomic mass is 9.84. The van der Waals surface area contributed by atoms with Crippen molar-refractivity contribution in [3.63, 3.8) is 0 Å². The summed E-state index contributed by atoms with van der Waals surface area (Å²) in [5.74, 6) is -0.117. The second kappa shape index (κ2) is 8.89. The highest BCUT2D eigenvalue weighted by atomic mass is 35.5. The number of amides is 3. The number of rotatable bonds is 4. The second-order valence-electron chi connectivity index (χ2n) is 10.3. The van der Waals surface area contributed by atoms with Crippen LogP contribution >= 0.6 is 11.6 Å². The predicted molar refractivity (Wildman–Crippen MR) is 120 cm³/mol. The van der Waals surface area contributed by atoms with Crippen molar-refractivity contribution in [1.82, 2.24) is 20.0 Å². The number of carbonyl (C=O) groups excluding carboxylic acids is 3. The minimum atomic E-state index is -1.36. The Labute approximate surface area is 190 Å². The van der Waals surface area contributed by atoms with Crippen molar-refractivity contribution in [1.29, 1.82) is 0 Å². The molecule has 4 rings (SSSR count). The van der Waals surface area contributed by atoms with Crippen LogP contribution in [0.5, 0.6) is 0 Å². The van der Waals surface area contributed by atoms with Gasteiger partial charge in [-0.3, -0.25) is 14.4 Å². The van der Waals surface area contributed by atoms with Gasteiger partial charge in [-0.25, -0.2) is 0 Å². The highest BCUT2D eigenvalue weighted by Crippen LogP contribution is 2.39. The maximum atomic E-state index is 14.0. The maximum absolute atomic E-state index is 14.0. The zero-order valence-corrected chi connectivity index (χ0v) is 19.9. The third-order valence-electron chi connectivity index (χ3n) is 7.89. The third-order valence-corrected chi connectivity index (χ3v) is 8.32. The molecule has 1 saturated carbocycles. The van der Waals surface area contributed by atoms with Crippen LogP contribution in [0, 0.1) is 5.92 Å². The van der Waals surface area contributed by atoms with Crippen molar-refractivity contribution < 1.29 is 14.4 Å². The molecule has 1 N–H and O–H groups in total. The SMILES string of the molecule is CC1CC(N2CCC3(C(=O)N(C(C)C)CC(=O)N3CC3CCC(Cl)CC3)C2=O)CCN1. The summed E-state index contributed by atoms with van der Waals surface area (Å²) in [6, 6.07) is 0.373. The summed E-state index contributed by atoms with van der Waals surface area (Å²) in [7, 11) is 0. The summed E-state index contributed by atoms with van der Waals surface area (Å²) in [4.78, 5) is 46.3. The van der Waals surface area contributed by atoms with Crippen molar-refractivity contribution in [2.24, 2.45) is 5.92 Å². The number of hydrogen-bond acceptors (Lipinski definition) is 4. The Bertz CT molecular complexity index is 724. The molecule has 3 saturated heterocycles. The molecule has 0 radical (unpaired) electrons. The van der Waals surface area contributed by atoms with E-state index in [1.165, 1.54) is 0 Å². The van der Waals surface area contributed by atoms with E-state index in [9.17, 15) is 14.4 Å². The number of nitrogens with one attached hydrogen (secondary N) is 1. The standard InChI is InChI=1S/C23H37ClN4O3/c1-15(2)27-14-20(29)28(13-17-4-6-18(24)7-5-17)23(22(27)31)9-11-26(21(23)30)19-8-10-25-16(3)12-19/h15-19,25H,4-14H2,1-3H3. The molecule has 0 aromatic carbocycles. The van der Waals surface area contributed by atoms with Crippen LogP contribution in [0.25, 0.3) is 0 Å². The number of piperidine rings is 1. The smallest absolute Gasteiger partial charge is 0.259 e. The minimum absolute atomic E-state index is 0.0702. The van der Waals surface area contributed by atoms with Gasteiger partial charge in [0.2, 0.25) is 11.4 Å². The molecule has 3 heterocycles. The number of hydrogen-bond donors (Lipinski definition) is 1. The molecule has 31 heavy (non-hydrogen) atoms. The molecular weight excluding hydrogens is 416 g/mol. The zero-order chi connectivity index (χ0) is 22.3. The van der Waals surface area contributed by atoms with Crippen LogP contribution in [0.1, 0.15) is 65.7 Å². The lowest BCUT2D eigenvalue weighted by Crippen LogP contribution is -2.72. The lowest BCUT2D eigenvalue weighted by molar-refractivity contribution is -0.173. The average molecular weight is 453 g/mol. The van der Waals surface area contributed by atoms with Crippen LogP contribution in [0.2, 0.25) is 0 Å². The molecule has 3 amide bonds. The zero-order valence-electron chi connectivity index (χ0n) is 19.1. The van der Waals surface area contributed by atoms with Crippen molar-refractivity contribution >= 4 is 29.3 Å². The first kappa shape index (κ1) is 22.8. The van der Waals surface area contributed by atoms with Gasteiger partial charge in [-0.1, -0.05) is 0 Å². The van der Waals surface area contributed by atoms with Crippen LogP contribution in [0.3, 0.4) is 0 Å². The molecule has 0 aromatic rings. The van der Waals surface area contributed by atoms with Gasteiger partial charge in [0.05, 0.1) is 0 Å². The van der Waals surface area contributed by atoms with Crippen molar-refractivity contribution in [3.05, 3.63) is 0 Å². The molecule has 4 fully saturated rings. The molecule has 3 unspecified atom stereocenters. The summed E-state index contributed by atoms with van der Waals surface area (Å²) in [5.41, 5.74) is -1.36. The van der Waals surface area contributed by atoms with E-state index in [0.29, 0.717) is 31.5 Å². The highest BCUT2D eigenvalue weighted by Gasteiger charge is 2.63. The Kier molecular flexibility index (Phi) is 6.55. The molecule has 8 heteroatoms. The minimum Gasteiger partial charge on any atom is -0.337 e. The van der Waals surface area contributed by atoms with E-state index in [0.717, 1.165) is 45.1 Å². The fraction of sp³-hybridized carbons (Fsp3) is 0.870. The molecule has 1 aliphatic carbocycles. The molecule has 4 aliphatic rings. The van der Waals surface area contributed by atoms with Gasteiger partial charge < -0.3 is 20.0 Å². The summed E-state index contributed by atoms with van der Waals surface area (Å²) in [6.07, 6.45) is 5.93. The van der Waals surface area contributed by atoms with Crippen LogP contribution in [-0.2, 0) is 14.4 Å². The average Bonchev–Trinajstić information content (AvgIpc) is 3.07. The van der Waals surface area contributed by atoms with E-state index >= 15 is 0 Å². The molecule has 3 atom stereocenters. The van der Waals surface area contributed by atoms with Gasteiger partial charge in [-0.2, -0.15) is 0 Å². The fourth-order valence-corrected chi connectivity index (χ4v) is 6.27. The van der Waals surface area contributed by atoms with Gasteiger partial charge in [-0.05, 0) is 71.8 Å². The van der Waals surface area contributed by atoms with Gasteiger partial charge in [0.1, 0.15) is 6.54 Å². The molecule has 174 valence electrons. The second-order valence-corrected chi connectivity index (χ2v) is 10.9. The van der Waals surface area contributed by atoms with Gasteiger partial charge in [-0.15, -0.1) is 11.6 Å². The van der Waals surface area contributed by atoms with E-state index in [-0.39, 0.29) is 41.7 Å². The summed E-state index contributed by atoms with van der Waals surface area (Å²) >= 11 is 6.28. The number of carbonyl (C=O) groups is 3. The van der Waals surface area contributed by atoms with Crippen molar-refractivity contribution in [3.8, 4) is 0 Å². The largest absolute Gasteiger partial charge is 0.337 e. The third kappa shape index (κ3) is 4.08. The van der Waals surface area contributed by atoms with Crippen molar-refractivity contribution in [2.45, 2.75) is 94.8 Å². The van der Waals surface area contributed by atoms with Gasteiger partial charge in [0.25, 0.3) is 11.8 Å². The van der Waals surface area contributed by atoms with Crippen LogP contribution in [0.4, 0.5) is 0 Å². The fourth-order valence-electron chi connectivity index (χ4n) is 6.02. The molecule has 0 bridgehead atoms. The van der Waals surface area contributed by atoms with E-state index in [1.807, 2.05) is 18.7 Å². The first-order valence-electron chi connectivity index (χ1n) is 12.0. The monoisotopic (exact) mass is 452 g/mol. The van der Waals surface area contributed by atoms with E-state index in [2.05, 4.69) is 12.2 Å². The summed E-state index contributed by atoms with van der Waals surface area (Å²) in [5, 5.41) is 3.64. The van der Waals surface area contributed by atoms with Crippen LogP contribution in [0.15, 0.2) is 0 Å². The first-order valence-corrected chi connectivity index (χ1v) is 12.5. The summed E-state index contributed by atoms with van der Waals surface area (Å²) < 4.78 is 0. The van der Waals surface area contributed by atoms with Gasteiger partial charge in [0, 0.05) is 43.0 Å². The Morgan fingerprint density at radius 1 is 1.10 bits per heavy atom. The highest BCUT2D eigenvalue weighted by molar-refractivity contribution is 6.20. The Balaban J connectivity index is 1.63. The predicted octanol–water partition coefficient (Wildman–Crippen LogP) is 1.97. The van der Waals surface area contributed by atoms with E-state index in [4.69, 9.17) is 11.6 Å².